The van der Waals surface area contributed by atoms with E-state index in [1.807, 2.05) is 18.2 Å². The molecule has 0 spiro atoms. The zero-order chi connectivity index (χ0) is 26.0. The molecule has 4 rings (SSSR count). The van der Waals surface area contributed by atoms with Crippen molar-refractivity contribution in [2.75, 3.05) is 45.3 Å². The average molecular weight is 494 g/mol. The van der Waals surface area contributed by atoms with Crippen molar-refractivity contribution >= 4 is 29.4 Å². The molecule has 2 aromatic carbocycles. The lowest BCUT2D eigenvalue weighted by Gasteiger charge is -2.46. The van der Waals surface area contributed by atoms with E-state index in [1.165, 1.54) is 14.7 Å². The van der Waals surface area contributed by atoms with Crippen LogP contribution in [0, 0.1) is 5.92 Å². The van der Waals surface area contributed by atoms with E-state index in [0.717, 1.165) is 5.56 Å². The molecule has 1 saturated heterocycles. The number of rotatable bonds is 7. The molecule has 9 heteroatoms. The van der Waals surface area contributed by atoms with Gasteiger partial charge in [-0.3, -0.25) is 19.2 Å². The van der Waals surface area contributed by atoms with Crippen LogP contribution in [0.15, 0.2) is 54.6 Å². The molecule has 0 bridgehead atoms. The maximum atomic E-state index is 14.1. The summed E-state index contributed by atoms with van der Waals surface area (Å²) in [7, 11) is 3.24. The number of fused-ring (bicyclic) bond motifs is 3. The molecule has 1 fully saturated rings. The lowest BCUT2D eigenvalue weighted by molar-refractivity contribution is -0.148. The van der Waals surface area contributed by atoms with Crippen LogP contribution in [0.5, 0.6) is 5.75 Å². The summed E-state index contributed by atoms with van der Waals surface area (Å²) in [5, 5.41) is 0. The summed E-state index contributed by atoms with van der Waals surface area (Å²) in [6, 6.07) is 16.1. The van der Waals surface area contributed by atoms with E-state index in [1.54, 1.807) is 64.3 Å². The lowest BCUT2D eigenvalue weighted by Crippen LogP contribution is -2.63. The second-order valence-corrected chi connectivity index (χ2v) is 9.33. The van der Waals surface area contributed by atoms with E-state index in [9.17, 15) is 19.2 Å². The highest BCUT2D eigenvalue weighted by Gasteiger charge is 2.64. The molecule has 36 heavy (non-hydrogen) atoms. The van der Waals surface area contributed by atoms with Crippen LogP contribution < -0.4 is 9.64 Å². The van der Waals surface area contributed by atoms with Gasteiger partial charge >= 0.3 is 5.97 Å². The van der Waals surface area contributed by atoms with Crippen molar-refractivity contribution in [3.05, 3.63) is 60.2 Å². The van der Waals surface area contributed by atoms with Gasteiger partial charge in [-0.2, -0.15) is 0 Å². The number of likely N-dealkylation sites (N-methyl/N-ethyl adjacent to an activating group) is 1. The molecule has 190 valence electrons. The molecule has 0 aromatic heterocycles. The van der Waals surface area contributed by atoms with Crippen LogP contribution in [0.2, 0.25) is 0 Å². The predicted octanol–water partition coefficient (Wildman–Crippen LogP) is 2.06. The summed E-state index contributed by atoms with van der Waals surface area (Å²) in [6.45, 7) is 3.10. The Hall–Kier alpha value is -3.88. The van der Waals surface area contributed by atoms with Crippen molar-refractivity contribution in [1.29, 1.82) is 0 Å². The number of esters is 1. The number of hydrogen-bond donors (Lipinski definition) is 0. The summed E-state index contributed by atoms with van der Waals surface area (Å²) in [5.74, 6) is -2.42. The minimum absolute atomic E-state index is 0.00647. The van der Waals surface area contributed by atoms with Crippen LogP contribution in [-0.4, -0.2) is 79.4 Å². The van der Waals surface area contributed by atoms with E-state index in [0.29, 0.717) is 11.4 Å². The van der Waals surface area contributed by atoms with Crippen molar-refractivity contribution in [1.82, 2.24) is 9.80 Å². The van der Waals surface area contributed by atoms with Crippen molar-refractivity contribution in [2.45, 2.75) is 25.3 Å². The monoisotopic (exact) mass is 493 g/mol. The summed E-state index contributed by atoms with van der Waals surface area (Å²) in [5.41, 5.74) is -0.122. The van der Waals surface area contributed by atoms with Crippen molar-refractivity contribution in [3.8, 4) is 5.75 Å². The highest BCUT2D eigenvalue weighted by molar-refractivity contribution is 6.09. The van der Waals surface area contributed by atoms with Crippen LogP contribution in [0.4, 0.5) is 5.69 Å². The van der Waals surface area contributed by atoms with Gasteiger partial charge in [0.1, 0.15) is 17.8 Å². The van der Waals surface area contributed by atoms with Crippen LogP contribution in [0.25, 0.3) is 0 Å². The Balaban J connectivity index is 1.76. The molecule has 0 unspecified atom stereocenters. The van der Waals surface area contributed by atoms with Gasteiger partial charge in [0.25, 0.3) is 11.8 Å². The molecule has 3 amide bonds. The number of likely N-dealkylation sites (tertiary alicyclic amines) is 1. The van der Waals surface area contributed by atoms with Gasteiger partial charge in [0.05, 0.1) is 12.5 Å². The standard InChI is InChI=1S/C27H31N3O6/c1-5-35-25(33)20-15-30(23(32)17-36-18-11-7-6-8-12-18)27(2)24(20)19-13-9-10-14-21(19)29(26(27)34)16-22(31)28(3)4/h6-14,20,24H,5,15-17H2,1-4H3/t20-,24+,27-/m0/s1. The largest absolute Gasteiger partial charge is 0.484 e. The SMILES string of the molecule is CCOC(=O)[C@H]1CN(C(=O)COc2ccccc2)[C@]2(C)C(=O)N(CC(=O)N(C)C)c3ccccc3[C@H]12. The fourth-order valence-corrected chi connectivity index (χ4v) is 5.19. The van der Waals surface area contributed by atoms with Crippen LogP contribution in [0.3, 0.4) is 0 Å². The Morgan fingerprint density at radius 1 is 1.06 bits per heavy atom. The molecule has 0 aliphatic carbocycles. The van der Waals surface area contributed by atoms with E-state index >= 15 is 0 Å². The third-order valence-corrected chi connectivity index (χ3v) is 6.98. The third kappa shape index (κ3) is 4.29. The lowest BCUT2D eigenvalue weighted by atomic mass is 9.72. The first-order chi connectivity index (χ1) is 17.2. The van der Waals surface area contributed by atoms with Crippen molar-refractivity contribution < 1.29 is 28.7 Å². The smallest absolute Gasteiger partial charge is 0.311 e. The maximum Gasteiger partial charge on any atom is 0.311 e. The van der Waals surface area contributed by atoms with E-state index < -0.39 is 35.2 Å². The van der Waals surface area contributed by atoms with Crippen LogP contribution in [-0.2, 0) is 23.9 Å². The number of anilines is 1. The Labute approximate surface area is 210 Å². The van der Waals surface area contributed by atoms with Gasteiger partial charge in [-0.15, -0.1) is 0 Å². The van der Waals surface area contributed by atoms with Gasteiger partial charge in [-0.05, 0) is 37.6 Å². The number of benzene rings is 2. The highest BCUT2D eigenvalue weighted by atomic mass is 16.5. The fourth-order valence-electron chi connectivity index (χ4n) is 5.19. The molecule has 9 nitrogen and oxygen atoms in total. The minimum Gasteiger partial charge on any atom is -0.484 e. The number of ether oxygens (including phenoxy) is 2. The summed E-state index contributed by atoms with van der Waals surface area (Å²) < 4.78 is 11.0. The first kappa shape index (κ1) is 25.2. The average Bonchev–Trinajstić information content (AvgIpc) is 3.20. The number of amides is 3. The second-order valence-electron chi connectivity index (χ2n) is 9.33. The van der Waals surface area contributed by atoms with E-state index in [4.69, 9.17) is 9.47 Å². The fraction of sp³-hybridized carbons (Fsp3) is 0.407. The molecular formula is C27H31N3O6. The van der Waals surface area contributed by atoms with Gasteiger partial charge in [-0.25, -0.2) is 0 Å². The number of carbonyl (C=O) groups is 4. The normalized spacial score (nSPS) is 22.5. The van der Waals surface area contributed by atoms with Gasteiger partial charge in [0.15, 0.2) is 6.61 Å². The number of nitrogens with zero attached hydrogens (tertiary/aromatic N) is 3. The molecule has 2 aliphatic rings. The number of para-hydroxylation sites is 2. The zero-order valence-electron chi connectivity index (χ0n) is 21.0. The zero-order valence-corrected chi connectivity index (χ0v) is 21.0. The molecule has 2 aromatic rings. The van der Waals surface area contributed by atoms with E-state index in [2.05, 4.69) is 0 Å². The Bertz CT molecular complexity index is 1170. The Morgan fingerprint density at radius 2 is 1.72 bits per heavy atom. The van der Waals surface area contributed by atoms with Crippen molar-refractivity contribution in [2.24, 2.45) is 5.92 Å². The molecule has 0 N–H and O–H groups in total. The topological polar surface area (TPSA) is 96.5 Å². The van der Waals surface area contributed by atoms with E-state index in [-0.39, 0.29) is 32.2 Å². The number of carbonyl (C=O) groups excluding carboxylic acids is 4. The van der Waals surface area contributed by atoms with Gasteiger partial charge in [-0.1, -0.05) is 36.4 Å². The Morgan fingerprint density at radius 3 is 2.39 bits per heavy atom. The maximum absolute atomic E-state index is 14.1. The second kappa shape index (κ2) is 10.0. The third-order valence-electron chi connectivity index (χ3n) is 6.98. The highest BCUT2D eigenvalue weighted by Crippen LogP contribution is 2.53. The minimum atomic E-state index is -1.41. The quantitative estimate of drug-likeness (QED) is 0.548. The van der Waals surface area contributed by atoms with Crippen molar-refractivity contribution in [3.63, 3.8) is 0 Å². The molecule has 2 aliphatic heterocycles. The van der Waals surface area contributed by atoms with Gasteiger partial charge in [0, 0.05) is 32.2 Å². The summed E-state index contributed by atoms with van der Waals surface area (Å²) in [4.78, 5) is 57.6. The molecule has 0 radical (unpaired) electrons. The molecule has 2 heterocycles. The van der Waals surface area contributed by atoms with Gasteiger partial charge < -0.3 is 24.2 Å². The predicted molar refractivity (Wildman–Crippen MR) is 132 cm³/mol. The van der Waals surface area contributed by atoms with Crippen LogP contribution >= 0.6 is 0 Å². The van der Waals surface area contributed by atoms with Crippen LogP contribution in [0.1, 0.15) is 25.3 Å². The Kier molecular flexibility index (Phi) is 7.01. The summed E-state index contributed by atoms with van der Waals surface area (Å²) in [6.07, 6.45) is 0. The summed E-state index contributed by atoms with van der Waals surface area (Å²) >= 11 is 0. The first-order valence-electron chi connectivity index (χ1n) is 12.0. The number of hydrogen-bond acceptors (Lipinski definition) is 6. The molecular weight excluding hydrogens is 462 g/mol. The first-order valence-corrected chi connectivity index (χ1v) is 12.0. The molecule has 3 atom stereocenters. The molecule has 0 saturated carbocycles. The van der Waals surface area contributed by atoms with Gasteiger partial charge in [0.2, 0.25) is 5.91 Å².